The van der Waals surface area contributed by atoms with Crippen molar-refractivity contribution in [1.82, 2.24) is 4.90 Å². The zero-order chi connectivity index (χ0) is 10.9. The van der Waals surface area contributed by atoms with E-state index in [2.05, 4.69) is 6.92 Å². The van der Waals surface area contributed by atoms with Gasteiger partial charge in [-0.1, -0.05) is 44.4 Å². The molecule has 0 aromatic heterocycles. The molecule has 0 N–H and O–H groups in total. The Labute approximate surface area is 97.8 Å². The number of unbranched alkanes of at least 4 members (excludes halogenated alkanes) is 2. The molecule has 1 heterocycles. The molecule has 0 radical (unpaired) electrons. The van der Waals surface area contributed by atoms with Crippen LogP contribution in [0.2, 0.25) is 0 Å². The van der Waals surface area contributed by atoms with E-state index in [1.54, 1.807) is 0 Å². The standard InChI is InChI=1S/C12H23NOS/c1-2-3-8-11-15-12(14)13-9-6-4-5-7-10-13/h2-11H2,1H3. The highest BCUT2D eigenvalue weighted by molar-refractivity contribution is 8.13. The Bertz CT molecular complexity index is 176. The van der Waals surface area contributed by atoms with Gasteiger partial charge in [0, 0.05) is 18.8 Å². The maximum atomic E-state index is 11.8. The summed E-state index contributed by atoms with van der Waals surface area (Å²) < 4.78 is 0. The molecule has 1 saturated heterocycles. The van der Waals surface area contributed by atoms with Gasteiger partial charge in [-0.05, 0) is 19.3 Å². The second kappa shape index (κ2) is 8.03. The molecule has 0 unspecified atom stereocenters. The number of nitrogens with zero attached hydrogens (tertiary/aromatic N) is 1. The number of carbonyl (C=O) groups excluding carboxylic acids is 1. The minimum Gasteiger partial charge on any atom is -0.334 e. The maximum absolute atomic E-state index is 11.8. The predicted molar refractivity (Wildman–Crippen MR) is 67.4 cm³/mol. The first-order chi connectivity index (χ1) is 7.34. The molecule has 1 amide bonds. The van der Waals surface area contributed by atoms with E-state index in [1.807, 2.05) is 4.90 Å². The highest BCUT2D eigenvalue weighted by Crippen LogP contribution is 2.16. The van der Waals surface area contributed by atoms with Crippen molar-refractivity contribution in [1.29, 1.82) is 0 Å². The van der Waals surface area contributed by atoms with Gasteiger partial charge in [-0.2, -0.15) is 0 Å². The molecule has 0 aliphatic carbocycles. The predicted octanol–water partition coefficient (Wildman–Crippen LogP) is 3.91. The number of rotatable bonds is 4. The molecule has 1 fully saturated rings. The normalized spacial score (nSPS) is 17.5. The average Bonchev–Trinajstić information content (AvgIpc) is 2.52. The molecule has 0 saturated carbocycles. The monoisotopic (exact) mass is 229 g/mol. The summed E-state index contributed by atoms with van der Waals surface area (Å²) in [6.07, 6.45) is 8.65. The Hall–Kier alpha value is -0.180. The minimum atomic E-state index is 0.313. The van der Waals surface area contributed by atoms with E-state index < -0.39 is 0 Å². The van der Waals surface area contributed by atoms with Crippen LogP contribution in [0.5, 0.6) is 0 Å². The minimum absolute atomic E-state index is 0.313. The van der Waals surface area contributed by atoms with Crippen molar-refractivity contribution in [3.63, 3.8) is 0 Å². The average molecular weight is 229 g/mol. The van der Waals surface area contributed by atoms with Gasteiger partial charge in [-0.3, -0.25) is 4.79 Å². The van der Waals surface area contributed by atoms with Crippen LogP contribution in [0.1, 0.15) is 51.9 Å². The van der Waals surface area contributed by atoms with Crippen LogP contribution in [-0.2, 0) is 0 Å². The van der Waals surface area contributed by atoms with Crippen molar-refractivity contribution in [3.8, 4) is 0 Å². The lowest BCUT2D eigenvalue weighted by Gasteiger charge is -2.19. The largest absolute Gasteiger partial charge is 0.334 e. The third-order valence-electron chi connectivity index (χ3n) is 2.84. The molecular formula is C12H23NOS. The zero-order valence-electron chi connectivity index (χ0n) is 9.83. The summed E-state index contributed by atoms with van der Waals surface area (Å²) in [6.45, 7) is 4.17. The second-order valence-corrected chi connectivity index (χ2v) is 5.27. The van der Waals surface area contributed by atoms with Crippen molar-refractivity contribution in [2.24, 2.45) is 0 Å². The van der Waals surface area contributed by atoms with Crippen LogP contribution in [0.4, 0.5) is 4.79 Å². The molecule has 1 aliphatic heterocycles. The van der Waals surface area contributed by atoms with Gasteiger partial charge in [0.05, 0.1) is 0 Å². The van der Waals surface area contributed by atoms with Crippen LogP contribution in [0.15, 0.2) is 0 Å². The van der Waals surface area contributed by atoms with E-state index >= 15 is 0 Å². The highest BCUT2D eigenvalue weighted by atomic mass is 32.2. The second-order valence-electron chi connectivity index (χ2n) is 4.22. The van der Waals surface area contributed by atoms with Crippen LogP contribution in [0.3, 0.4) is 0 Å². The number of likely N-dealkylation sites (tertiary alicyclic amines) is 1. The highest BCUT2D eigenvalue weighted by Gasteiger charge is 2.15. The molecule has 88 valence electrons. The van der Waals surface area contributed by atoms with E-state index in [-0.39, 0.29) is 0 Å². The number of hydrogen-bond acceptors (Lipinski definition) is 2. The SMILES string of the molecule is CCCCCSC(=O)N1CCCCCC1. The van der Waals surface area contributed by atoms with Crippen LogP contribution in [-0.4, -0.2) is 29.0 Å². The lowest BCUT2D eigenvalue weighted by Crippen LogP contribution is -2.28. The molecular weight excluding hydrogens is 206 g/mol. The molecule has 0 atom stereocenters. The Morgan fingerprint density at radius 2 is 1.80 bits per heavy atom. The molecule has 0 spiro atoms. The number of thioether (sulfide) groups is 1. The number of carbonyl (C=O) groups is 1. The fourth-order valence-corrected chi connectivity index (χ4v) is 2.74. The van der Waals surface area contributed by atoms with E-state index in [4.69, 9.17) is 0 Å². The zero-order valence-corrected chi connectivity index (χ0v) is 10.7. The van der Waals surface area contributed by atoms with Crippen molar-refractivity contribution >= 4 is 17.0 Å². The van der Waals surface area contributed by atoms with Gasteiger partial charge in [0.2, 0.25) is 0 Å². The molecule has 15 heavy (non-hydrogen) atoms. The summed E-state index contributed by atoms with van der Waals surface area (Å²) >= 11 is 1.52. The van der Waals surface area contributed by atoms with Gasteiger partial charge in [-0.25, -0.2) is 0 Å². The molecule has 2 nitrogen and oxygen atoms in total. The van der Waals surface area contributed by atoms with Gasteiger partial charge in [0.15, 0.2) is 0 Å². The van der Waals surface area contributed by atoms with Crippen molar-refractivity contribution in [3.05, 3.63) is 0 Å². The Balaban J connectivity index is 2.14. The van der Waals surface area contributed by atoms with E-state index in [0.29, 0.717) is 5.24 Å². The summed E-state index contributed by atoms with van der Waals surface area (Å²) in [5, 5.41) is 0.313. The number of hydrogen-bond donors (Lipinski definition) is 0. The smallest absolute Gasteiger partial charge is 0.281 e. The summed E-state index contributed by atoms with van der Waals surface area (Å²) in [7, 11) is 0. The molecule has 0 aromatic carbocycles. The topological polar surface area (TPSA) is 20.3 Å². The number of amides is 1. The fraction of sp³-hybridized carbons (Fsp3) is 0.917. The first kappa shape index (κ1) is 12.9. The van der Waals surface area contributed by atoms with Gasteiger partial charge in [0.25, 0.3) is 5.24 Å². The molecule has 0 bridgehead atoms. The van der Waals surface area contributed by atoms with E-state index in [0.717, 1.165) is 18.8 Å². The summed E-state index contributed by atoms with van der Waals surface area (Å²) in [5.74, 6) is 1.00. The summed E-state index contributed by atoms with van der Waals surface area (Å²) in [5.41, 5.74) is 0. The lowest BCUT2D eigenvalue weighted by molar-refractivity contribution is 0.225. The maximum Gasteiger partial charge on any atom is 0.281 e. The van der Waals surface area contributed by atoms with Gasteiger partial charge >= 0.3 is 0 Å². The van der Waals surface area contributed by atoms with Gasteiger partial charge < -0.3 is 4.90 Å². The third-order valence-corrected chi connectivity index (χ3v) is 3.84. The van der Waals surface area contributed by atoms with Crippen molar-refractivity contribution in [2.45, 2.75) is 51.9 Å². The van der Waals surface area contributed by atoms with Crippen molar-refractivity contribution < 1.29 is 4.79 Å². The fourth-order valence-electron chi connectivity index (χ4n) is 1.86. The van der Waals surface area contributed by atoms with Crippen LogP contribution in [0.25, 0.3) is 0 Å². The summed E-state index contributed by atoms with van der Waals surface area (Å²) in [6, 6.07) is 0. The Morgan fingerprint density at radius 3 is 2.40 bits per heavy atom. The lowest BCUT2D eigenvalue weighted by atomic mass is 10.2. The molecule has 3 heteroatoms. The van der Waals surface area contributed by atoms with Crippen LogP contribution in [0, 0.1) is 0 Å². The van der Waals surface area contributed by atoms with Crippen LogP contribution >= 0.6 is 11.8 Å². The molecule has 0 aromatic rings. The molecule has 1 rings (SSSR count). The Kier molecular flexibility index (Phi) is 6.90. The first-order valence-electron chi connectivity index (χ1n) is 6.26. The third kappa shape index (κ3) is 5.45. The summed E-state index contributed by atoms with van der Waals surface area (Å²) in [4.78, 5) is 13.8. The quantitative estimate of drug-likeness (QED) is 0.681. The van der Waals surface area contributed by atoms with Crippen molar-refractivity contribution in [2.75, 3.05) is 18.8 Å². The molecule has 1 aliphatic rings. The van der Waals surface area contributed by atoms with Crippen LogP contribution < -0.4 is 0 Å². The first-order valence-corrected chi connectivity index (χ1v) is 7.25. The Morgan fingerprint density at radius 1 is 1.13 bits per heavy atom. The van der Waals surface area contributed by atoms with E-state index in [9.17, 15) is 4.79 Å². The van der Waals surface area contributed by atoms with Gasteiger partial charge in [-0.15, -0.1) is 0 Å². The van der Waals surface area contributed by atoms with Gasteiger partial charge in [0.1, 0.15) is 0 Å². The van der Waals surface area contributed by atoms with E-state index in [1.165, 1.54) is 56.7 Å².